The van der Waals surface area contributed by atoms with Gasteiger partial charge in [0.2, 0.25) is 0 Å². The van der Waals surface area contributed by atoms with Crippen molar-refractivity contribution in [1.82, 2.24) is 4.98 Å². The first-order chi connectivity index (χ1) is 9.16. The Bertz CT molecular complexity index is 444. The van der Waals surface area contributed by atoms with Crippen LogP contribution in [0.15, 0.2) is 12.3 Å². The number of nitrogens with zero attached hydrogens (tertiary/aromatic N) is 1. The van der Waals surface area contributed by atoms with Crippen LogP contribution in [0.1, 0.15) is 36.0 Å². The van der Waals surface area contributed by atoms with Crippen LogP contribution in [0.3, 0.4) is 0 Å². The van der Waals surface area contributed by atoms with Crippen molar-refractivity contribution in [2.75, 3.05) is 24.2 Å². The van der Waals surface area contributed by atoms with E-state index in [2.05, 4.69) is 10.3 Å². The zero-order valence-electron chi connectivity index (χ0n) is 10.9. The third-order valence-corrected chi connectivity index (χ3v) is 3.26. The third kappa shape index (κ3) is 3.82. The van der Waals surface area contributed by atoms with Gasteiger partial charge in [0, 0.05) is 6.54 Å². The Balaban J connectivity index is 1.83. The van der Waals surface area contributed by atoms with Crippen LogP contribution in [0.25, 0.3) is 0 Å². The number of amides is 1. The molecule has 0 radical (unpaired) electrons. The minimum absolute atomic E-state index is 0.279. The molecule has 1 aliphatic carbocycles. The lowest BCUT2D eigenvalue weighted by molar-refractivity contribution is 0.0659. The van der Waals surface area contributed by atoms with E-state index in [1.54, 1.807) is 0 Å². The van der Waals surface area contributed by atoms with Crippen molar-refractivity contribution in [3.05, 3.63) is 17.8 Å². The van der Waals surface area contributed by atoms with Crippen molar-refractivity contribution in [3.63, 3.8) is 0 Å². The Morgan fingerprint density at radius 3 is 2.89 bits per heavy atom. The maximum atomic E-state index is 11.3. The molecule has 1 aromatic rings. The lowest BCUT2D eigenvalue weighted by Crippen LogP contribution is -2.19. The van der Waals surface area contributed by atoms with Gasteiger partial charge in [-0.1, -0.05) is 12.8 Å². The van der Waals surface area contributed by atoms with Crippen molar-refractivity contribution in [2.24, 2.45) is 5.73 Å². The standard InChI is InChI=1S/C13H20N4O2/c14-12-7-10(13(15)18)11(8-17-12)16-5-6-19-9-3-1-2-4-9/h7-9,16H,1-6H2,(H2,14,17)(H2,15,18). The number of nitrogens with one attached hydrogen (secondary N) is 1. The summed E-state index contributed by atoms with van der Waals surface area (Å²) in [5.74, 6) is -0.241. The van der Waals surface area contributed by atoms with Crippen molar-refractivity contribution < 1.29 is 9.53 Å². The van der Waals surface area contributed by atoms with Gasteiger partial charge in [-0.15, -0.1) is 0 Å². The van der Waals surface area contributed by atoms with Crippen LogP contribution in [0, 0.1) is 0 Å². The lowest BCUT2D eigenvalue weighted by Gasteiger charge is -2.13. The molecular weight excluding hydrogens is 244 g/mol. The molecule has 1 aliphatic rings. The summed E-state index contributed by atoms with van der Waals surface area (Å²) < 4.78 is 5.72. The van der Waals surface area contributed by atoms with E-state index in [9.17, 15) is 4.79 Å². The molecule has 19 heavy (non-hydrogen) atoms. The maximum absolute atomic E-state index is 11.3. The molecule has 0 saturated heterocycles. The number of pyridine rings is 1. The van der Waals surface area contributed by atoms with Gasteiger partial charge in [-0.2, -0.15) is 0 Å². The molecule has 6 heteroatoms. The molecule has 1 aromatic heterocycles. The molecule has 0 atom stereocenters. The van der Waals surface area contributed by atoms with E-state index in [0.717, 1.165) is 12.8 Å². The van der Waals surface area contributed by atoms with Crippen LogP contribution in [0.2, 0.25) is 0 Å². The average molecular weight is 264 g/mol. The normalized spacial score (nSPS) is 15.6. The minimum atomic E-state index is -0.520. The number of nitrogens with two attached hydrogens (primary N) is 2. The highest BCUT2D eigenvalue weighted by Crippen LogP contribution is 2.21. The highest BCUT2D eigenvalue weighted by Gasteiger charge is 2.15. The SMILES string of the molecule is NC(=O)c1cc(N)ncc1NCCOC1CCCC1. The van der Waals surface area contributed by atoms with E-state index >= 15 is 0 Å². The van der Waals surface area contributed by atoms with E-state index in [4.69, 9.17) is 16.2 Å². The number of primary amides is 1. The zero-order valence-corrected chi connectivity index (χ0v) is 10.9. The van der Waals surface area contributed by atoms with Crippen LogP contribution < -0.4 is 16.8 Å². The number of hydrogen-bond donors (Lipinski definition) is 3. The first-order valence-electron chi connectivity index (χ1n) is 6.57. The first kappa shape index (κ1) is 13.6. The zero-order chi connectivity index (χ0) is 13.7. The summed E-state index contributed by atoms with van der Waals surface area (Å²) >= 11 is 0. The van der Waals surface area contributed by atoms with Gasteiger partial charge in [-0.25, -0.2) is 4.98 Å². The van der Waals surface area contributed by atoms with Gasteiger partial charge in [0.25, 0.3) is 5.91 Å². The molecule has 1 amide bonds. The second-order valence-electron chi connectivity index (χ2n) is 4.72. The number of nitrogen functional groups attached to an aromatic ring is 1. The summed E-state index contributed by atoms with van der Waals surface area (Å²) in [5.41, 5.74) is 11.8. The van der Waals surface area contributed by atoms with Crippen molar-refractivity contribution in [3.8, 4) is 0 Å². The monoisotopic (exact) mass is 264 g/mol. The predicted molar refractivity (Wildman–Crippen MR) is 73.9 cm³/mol. The molecule has 0 aromatic carbocycles. The highest BCUT2D eigenvalue weighted by molar-refractivity contribution is 5.98. The van der Waals surface area contributed by atoms with E-state index in [0.29, 0.717) is 30.5 Å². The number of ether oxygens (including phenoxy) is 1. The summed E-state index contributed by atoms with van der Waals surface area (Å²) in [6, 6.07) is 1.47. The Labute approximate surface area is 112 Å². The van der Waals surface area contributed by atoms with E-state index in [1.807, 2.05) is 0 Å². The first-order valence-corrected chi connectivity index (χ1v) is 6.57. The second kappa shape index (κ2) is 6.38. The quantitative estimate of drug-likeness (QED) is 0.668. The van der Waals surface area contributed by atoms with Crippen molar-refractivity contribution >= 4 is 17.4 Å². The molecule has 1 heterocycles. The number of carbonyl (C=O) groups excluding carboxylic acids is 1. The molecule has 0 unspecified atom stereocenters. The van der Waals surface area contributed by atoms with Gasteiger partial charge in [0.15, 0.2) is 0 Å². The largest absolute Gasteiger partial charge is 0.384 e. The fraction of sp³-hybridized carbons (Fsp3) is 0.538. The van der Waals surface area contributed by atoms with Crippen LogP contribution in [-0.2, 0) is 4.74 Å². The van der Waals surface area contributed by atoms with Crippen LogP contribution >= 0.6 is 0 Å². The summed E-state index contributed by atoms with van der Waals surface area (Å²) in [4.78, 5) is 15.2. The molecule has 104 valence electrons. The number of hydrogen-bond acceptors (Lipinski definition) is 5. The van der Waals surface area contributed by atoms with E-state index in [1.165, 1.54) is 25.1 Å². The molecule has 1 fully saturated rings. The smallest absolute Gasteiger partial charge is 0.250 e. The van der Waals surface area contributed by atoms with Gasteiger partial charge in [0.05, 0.1) is 30.2 Å². The molecule has 2 rings (SSSR count). The fourth-order valence-corrected chi connectivity index (χ4v) is 2.28. The van der Waals surface area contributed by atoms with Gasteiger partial charge in [0.1, 0.15) is 5.82 Å². The third-order valence-electron chi connectivity index (χ3n) is 3.26. The average Bonchev–Trinajstić information content (AvgIpc) is 2.89. The van der Waals surface area contributed by atoms with Gasteiger partial charge in [-0.05, 0) is 18.9 Å². The Kier molecular flexibility index (Phi) is 4.57. The molecule has 0 aliphatic heterocycles. The molecular formula is C13H20N4O2. The molecule has 0 spiro atoms. The summed E-state index contributed by atoms with van der Waals surface area (Å²) in [6.45, 7) is 1.22. The van der Waals surface area contributed by atoms with Crippen molar-refractivity contribution in [2.45, 2.75) is 31.8 Å². The van der Waals surface area contributed by atoms with Crippen LogP contribution in [0.5, 0.6) is 0 Å². The number of carbonyl (C=O) groups is 1. The molecule has 1 saturated carbocycles. The van der Waals surface area contributed by atoms with Crippen molar-refractivity contribution in [1.29, 1.82) is 0 Å². The topological polar surface area (TPSA) is 103 Å². The highest BCUT2D eigenvalue weighted by atomic mass is 16.5. The minimum Gasteiger partial charge on any atom is -0.384 e. The summed E-state index contributed by atoms with van der Waals surface area (Å²) in [6.07, 6.45) is 6.72. The Hall–Kier alpha value is -1.82. The second-order valence-corrected chi connectivity index (χ2v) is 4.72. The van der Waals surface area contributed by atoms with E-state index in [-0.39, 0.29) is 5.82 Å². The molecule has 5 N–H and O–H groups in total. The van der Waals surface area contributed by atoms with E-state index < -0.39 is 5.91 Å². The summed E-state index contributed by atoms with van der Waals surface area (Å²) in [5, 5.41) is 3.10. The van der Waals surface area contributed by atoms with Gasteiger partial charge in [-0.3, -0.25) is 4.79 Å². The van der Waals surface area contributed by atoms with Gasteiger partial charge < -0.3 is 21.5 Å². The lowest BCUT2D eigenvalue weighted by atomic mass is 10.2. The molecule has 0 bridgehead atoms. The fourth-order valence-electron chi connectivity index (χ4n) is 2.28. The number of anilines is 2. The Morgan fingerprint density at radius 2 is 2.21 bits per heavy atom. The van der Waals surface area contributed by atoms with Crippen LogP contribution in [0.4, 0.5) is 11.5 Å². The molecule has 6 nitrogen and oxygen atoms in total. The van der Waals surface area contributed by atoms with Crippen LogP contribution in [-0.4, -0.2) is 30.1 Å². The number of aromatic nitrogens is 1. The van der Waals surface area contributed by atoms with Gasteiger partial charge >= 0.3 is 0 Å². The Morgan fingerprint density at radius 1 is 1.47 bits per heavy atom. The summed E-state index contributed by atoms with van der Waals surface area (Å²) in [7, 11) is 0. The predicted octanol–water partition coefficient (Wildman–Crippen LogP) is 1.13. The maximum Gasteiger partial charge on any atom is 0.250 e. The number of rotatable bonds is 6.